The van der Waals surface area contributed by atoms with Crippen molar-refractivity contribution < 1.29 is 15.0 Å². The van der Waals surface area contributed by atoms with E-state index in [1.54, 1.807) is 0 Å². The molecular weight excluding hydrogens is 290 g/mol. The third kappa shape index (κ3) is 6.32. The van der Waals surface area contributed by atoms with E-state index in [1.165, 1.54) is 37.7 Å². The molecule has 4 heteroatoms. The quantitative estimate of drug-likeness (QED) is 0.545. The number of carbonyl (C=O) groups is 1. The molecule has 0 bridgehead atoms. The highest BCUT2D eigenvalue weighted by Crippen LogP contribution is 2.23. The summed E-state index contributed by atoms with van der Waals surface area (Å²) >= 11 is 0. The fourth-order valence-corrected chi connectivity index (χ4v) is 2.68. The van der Waals surface area contributed by atoms with E-state index in [-0.39, 0.29) is 6.42 Å². The summed E-state index contributed by atoms with van der Waals surface area (Å²) < 4.78 is 0. The summed E-state index contributed by atoms with van der Waals surface area (Å²) in [7, 11) is 0. The van der Waals surface area contributed by atoms with Crippen molar-refractivity contribution in [2.75, 3.05) is 6.61 Å². The first-order chi connectivity index (χ1) is 10.9. The first-order valence-electron chi connectivity index (χ1n) is 8.65. The molecule has 130 valence electrons. The molecule has 0 aliphatic rings. The highest BCUT2D eigenvalue weighted by atomic mass is 16.4. The number of aliphatic hydroxyl groups is 1. The van der Waals surface area contributed by atoms with Gasteiger partial charge in [0, 0.05) is 0 Å². The average molecular weight is 321 g/mol. The molecule has 0 amide bonds. The molecule has 0 spiro atoms. The van der Waals surface area contributed by atoms with Crippen LogP contribution in [0, 0.1) is 0 Å². The van der Waals surface area contributed by atoms with Crippen LogP contribution in [0.1, 0.15) is 69.4 Å². The molecular formula is C19H31NO3. The number of benzene rings is 1. The molecule has 4 N–H and O–H groups in total. The molecule has 1 rings (SSSR count). The van der Waals surface area contributed by atoms with Gasteiger partial charge in [0.15, 0.2) is 0 Å². The van der Waals surface area contributed by atoms with Crippen LogP contribution in [0.15, 0.2) is 24.3 Å². The topological polar surface area (TPSA) is 83.5 Å². The average Bonchev–Trinajstić information content (AvgIpc) is 2.56. The van der Waals surface area contributed by atoms with Gasteiger partial charge >= 0.3 is 5.97 Å². The van der Waals surface area contributed by atoms with Crippen molar-refractivity contribution in [3.8, 4) is 0 Å². The molecule has 0 saturated carbocycles. The van der Waals surface area contributed by atoms with Gasteiger partial charge in [-0.1, -0.05) is 63.8 Å². The van der Waals surface area contributed by atoms with Gasteiger partial charge in [-0.2, -0.15) is 0 Å². The van der Waals surface area contributed by atoms with Crippen molar-refractivity contribution in [1.29, 1.82) is 0 Å². The Kier molecular flexibility index (Phi) is 8.28. The maximum atomic E-state index is 11.1. The van der Waals surface area contributed by atoms with E-state index in [2.05, 4.69) is 26.0 Å². The fraction of sp³-hybridized carbons (Fsp3) is 0.632. The van der Waals surface area contributed by atoms with E-state index in [4.69, 9.17) is 15.9 Å². The van der Waals surface area contributed by atoms with Crippen LogP contribution in [0.2, 0.25) is 0 Å². The highest BCUT2D eigenvalue weighted by molar-refractivity contribution is 5.78. The van der Waals surface area contributed by atoms with E-state index in [1.807, 2.05) is 12.1 Å². The van der Waals surface area contributed by atoms with E-state index in [9.17, 15) is 4.79 Å². The Morgan fingerprint density at radius 3 is 2.39 bits per heavy atom. The van der Waals surface area contributed by atoms with E-state index >= 15 is 0 Å². The lowest BCUT2D eigenvalue weighted by Gasteiger charge is -2.21. The van der Waals surface area contributed by atoms with Crippen LogP contribution in [0.3, 0.4) is 0 Å². The monoisotopic (exact) mass is 321 g/mol. The number of aliphatic carboxylic acids is 1. The summed E-state index contributed by atoms with van der Waals surface area (Å²) in [5.74, 6) is -0.608. The Bertz CT molecular complexity index is 472. The van der Waals surface area contributed by atoms with Crippen LogP contribution >= 0.6 is 0 Å². The molecule has 0 aromatic heterocycles. The molecule has 2 atom stereocenters. The zero-order valence-electron chi connectivity index (χ0n) is 14.4. The molecule has 4 nitrogen and oxygen atoms in total. The van der Waals surface area contributed by atoms with E-state index < -0.39 is 18.1 Å². The molecule has 0 fully saturated rings. The van der Waals surface area contributed by atoms with Gasteiger partial charge < -0.3 is 15.9 Å². The molecule has 23 heavy (non-hydrogen) atoms. The Hall–Kier alpha value is -1.39. The predicted octanol–water partition coefficient (Wildman–Crippen LogP) is 3.47. The number of hydrogen-bond donors (Lipinski definition) is 3. The van der Waals surface area contributed by atoms with Gasteiger partial charge in [-0.15, -0.1) is 0 Å². The normalized spacial score (nSPS) is 15.1. The van der Waals surface area contributed by atoms with Crippen LogP contribution in [0.5, 0.6) is 0 Å². The number of carboxylic acids is 1. The smallest absolute Gasteiger partial charge is 0.326 e. The third-order valence-corrected chi connectivity index (χ3v) is 4.61. The van der Waals surface area contributed by atoms with Crippen molar-refractivity contribution in [2.24, 2.45) is 5.73 Å². The summed E-state index contributed by atoms with van der Waals surface area (Å²) in [5, 5.41) is 18.2. The number of carboxylic acid groups (broad SMARTS) is 1. The Balaban J connectivity index is 2.51. The molecule has 0 aliphatic carbocycles. The largest absolute Gasteiger partial charge is 0.480 e. The third-order valence-electron chi connectivity index (χ3n) is 4.61. The van der Waals surface area contributed by atoms with Gasteiger partial charge in [0.2, 0.25) is 0 Å². The summed E-state index contributed by atoms with van der Waals surface area (Å²) in [6, 6.07) is 8.32. The van der Waals surface area contributed by atoms with Crippen molar-refractivity contribution >= 4 is 5.97 Å². The van der Waals surface area contributed by atoms with Gasteiger partial charge in [0.25, 0.3) is 0 Å². The molecule has 0 aliphatic heterocycles. The lowest BCUT2D eigenvalue weighted by Crippen LogP contribution is -2.51. The van der Waals surface area contributed by atoms with Crippen LogP contribution in [0.25, 0.3) is 0 Å². The zero-order valence-corrected chi connectivity index (χ0v) is 14.4. The number of aliphatic hydroxyl groups excluding tert-OH is 1. The van der Waals surface area contributed by atoms with Crippen LogP contribution in [-0.2, 0) is 11.2 Å². The maximum Gasteiger partial charge on any atom is 0.326 e. The van der Waals surface area contributed by atoms with Crippen LogP contribution < -0.4 is 5.73 Å². The van der Waals surface area contributed by atoms with Crippen molar-refractivity contribution in [1.82, 2.24) is 0 Å². The van der Waals surface area contributed by atoms with E-state index in [0.717, 1.165) is 5.56 Å². The Morgan fingerprint density at radius 1 is 1.22 bits per heavy atom. The number of nitrogens with two attached hydrogens (primary N) is 1. The Labute approximate surface area is 139 Å². The van der Waals surface area contributed by atoms with Gasteiger partial charge in [-0.25, -0.2) is 0 Å². The minimum absolute atomic E-state index is 0.227. The van der Waals surface area contributed by atoms with E-state index in [0.29, 0.717) is 12.3 Å². The molecule has 1 aromatic carbocycles. The minimum atomic E-state index is -1.55. The number of unbranched alkanes of at least 4 members (excludes halogenated alkanes) is 3. The highest BCUT2D eigenvalue weighted by Gasteiger charge is 2.32. The van der Waals surface area contributed by atoms with Crippen molar-refractivity contribution in [3.63, 3.8) is 0 Å². The Morgan fingerprint density at radius 2 is 1.87 bits per heavy atom. The molecule has 1 aromatic rings. The first-order valence-corrected chi connectivity index (χ1v) is 8.65. The number of rotatable bonds is 11. The van der Waals surface area contributed by atoms with Gasteiger partial charge in [0.05, 0.1) is 6.61 Å². The second-order valence-electron chi connectivity index (χ2n) is 6.61. The van der Waals surface area contributed by atoms with Crippen LogP contribution in [-0.4, -0.2) is 28.3 Å². The van der Waals surface area contributed by atoms with Crippen LogP contribution in [0.4, 0.5) is 0 Å². The van der Waals surface area contributed by atoms with Gasteiger partial charge in [0.1, 0.15) is 5.54 Å². The zero-order chi connectivity index (χ0) is 17.3. The lowest BCUT2D eigenvalue weighted by molar-refractivity contribution is -0.145. The summed E-state index contributed by atoms with van der Waals surface area (Å²) in [6.07, 6.45) is 7.11. The second kappa shape index (κ2) is 9.68. The SMILES string of the molecule is CCCCCCC(C)c1ccc(CCC(N)(CO)C(=O)O)cc1. The maximum absolute atomic E-state index is 11.1. The minimum Gasteiger partial charge on any atom is -0.480 e. The summed E-state index contributed by atoms with van der Waals surface area (Å²) in [6.45, 7) is 3.93. The number of hydrogen-bond acceptors (Lipinski definition) is 3. The van der Waals surface area contributed by atoms with Gasteiger partial charge in [-0.05, 0) is 36.3 Å². The predicted molar refractivity (Wildman–Crippen MR) is 93.6 cm³/mol. The standard InChI is InChI=1S/C19H31NO3/c1-3-4-5-6-7-15(2)17-10-8-16(9-11-17)12-13-19(20,14-21)18(22)23/h8-11,15,21H,3-7,12-14,20H2,1-2H3,(H,22,23). The van der Waals surface area contributed by atoms with Gasteiger partial charge in [-0.3, -0.25) is 4.79 Å². The summed E-state index contributed by atoms with van der Waals surface area (Å²) in [5.41, 5.74) is 6.52. The van der Waals surface area contributed by atoms with Crippen molar-refractivity contribution in [2.45, 2.75) is 70.3 Å². The second-order valence-corrected chi connectivity index (χ2v) is 6.61. The molecule has 0 saturated heterocycles. The van der Waals surface area contributed by atoms with Crippen molar-refractivity contribution in [3.05, 3.63) is 35.4 Å². The number of aryl methyl sites for hydroxylation is 1. The molecule has 0 heterocycles. The first kappa shape index (κ1) is 19.7. The fourth-order valence-electron chi connectivity index (χ4n) is 2.68. The summed E-state index contributed by atoms with van der Waals surface area (Å²) in [4.78, 5) is 11.1. The molecule has 2 unspecified atom stereocenters. The molecule has 0 radical (unpaired) electrons. The lowest BCUT2D eigenvalue weighted by atomic mass is 9.91.